The van der Waals surface area contributed by atoms with Crippen molar-refractivity contribution in [3.63, 3.8) is 0 Å². The summed E-state index contributed by atoms with van der Waals surface area (Å²) in [7, 11) is -15.4. The lowest BCUT2D eigenvalue weighted by Crippen LogP contribution is -2.47. The van der Waals surface area contributed by atoms with E-state index in [2.05, 4.69) is 12.5 Å². The van der Waals surface area contributed by atoms with Crippen LogP contribution in [0.3, 0.4) is 0 Å². The van der Waals surface area contributed by atoms with Crippen molar-refractivity contribution in [2.75, 3.05) is 6.61 Å². The fourth-order valence-corrected chi connectivity index (χ4v) is 3.82. The number of hydrogen-bond donors (Lipinski definition) is 3. The molecule has 0 aromatic carbocycles. The van der Waals surface area contributed by atoms with Crippen LogP contribution in [0, 0.1) is 0 Å². The minimum Gasteiger partial charge on any atom is -0.341 e. The Morgan fingerprint density at radius 1 is 0.963 bits per heavy atom. The average molecular weight is 460 g/mol. The Kier molecular flexibility index (Phi) is 6.23. The third-order valence-electron chi connectivity index (χ3n) is 3.25. The molecule has 15 nitrogen and oxygen atoms in total. The van der Waals surface area contributed by atoms with Crippen molar-refractivity contribution in [3.05, 3.63) is 0 Å². The van der Waals surface area contributed by atoms with Crippen molar-refractivity contribution >= 4 is 31.2 Å². The van der Waals surface area contributed by atoms with E-state index < -0.39 is 74.3 Å². The maximum absolute atomic E-state index is 11.1. The first kappa shape index (κ1) is 22.8. The van der Waals surface area contributed by atoms with E-state index in [1.165, 1.54) is 13.8 Å². The standard InChI is InChI=1S/C9H16O15S3/c1-9(2)21-7-6(24-27(16,17)18)5(20-8(7)22-9)4(23-26(13,14)15)3-19-25(10,11)12/h4-8H,3H2,1-2H3,(H,10,11,12)(H,13,14,15)(H,16,17,18)/t4-,5-,6+,7-,8-/m1/s1. The first-order chi connectivity index (χ1) is 12.0. The monoisotopic (exact) mass is 460 g/mol. The van der Waals surface area contributed by atoms with Gasteiger partial charge in [-0.25, -0.2) is 12.5 Å². The van der Waals surface area contributed by atoms with Gasteiger partial charge in [-0.2, -0.15) is 25.3 Å². The molecule has 0 aliphatic carbocycles. The summed E-state index contributed by atoms with van der Waals surface area (Å²) in [6.07, 6.45) is -8.33. The van der Waals surface area contributed by atoms with Gasteiger partial charge in [0, 0.05) is 0 Å². The molecule has 2 aliphatic heterocycles. The Labute approximate surface area is 154 Å². The van der Waals surface area contributed by atoms with Gasteiger partial charge in [0.05, 0.1) is 6.61 Å². The second-order valence-corrected chi connectivity index (χ2v) is 9.02. The Morgan fingerprint density at radius 2 is 1.56 bits per heavy atom. The zero-order chi connectivity index (χ0) is 20.8. The molecule has 160 valence electrons. The van der Waals surface area contributed by atoms with Crippen LogP contribution in [0.5, 0.6) is 0 Å². The maximum Gasteiger partial charge on any atom is 0.397 e. The quantitative estimate of drug-likeness (QED) is 0.335. The summed E-state index contributed by atoms with van der Waals surface area (Å²) in [6, 6.07) is 0. The lowest BCUT2D eigenvalue weighted by Gasteiger charge is -2.28. The van der Waals surface area contributed by atoms with Crippen molar-refractivity contribution < 1.29 is 65.7 Å². The van der Waals surface area contributed by atoms with Gasteiger partial charge in [-0.3, -0.25) is 13.7 Å². The molecule has 0 aromatic rings. The molecule has 2 aliphatic rings. The van der Waals surface area contributed by atoms with Gasteiger partial charge in [0.15, 0.2) is 12.1 Å². The molecule has 2 saturated heterocycles. The van der Waals surface area contributed by atoms with Crippen LogP contribution in [0.25, 0.3) is 0 Å². The molecule has 0 aromatic heterocycles. The summed E-state index contributed by atoms with van der Waals surface area (Å²) in [6.45, 7) is 1.61. The van der Waals surface area contributed by atoms with E-state index in [1.807, 2.05) is 0 Å². The van der Waals surface area contributed by atoms with Gasteiger partial charge in [0.2, 0.25) is 0 Å². The minimum absolute atomic E-state index is 1.25. The molecule has 0 bridgehead atoms. The highest BCUT2D eigenvalue weighted by Crippen LogP contribution is 2.40. The number of hydrogen-bond acceptors (Lipinski definition) is 12. The summed E-state index contributed by atoms with van der Waals surface area (Å²) in [5, 5.41) is 0. The molecular formula is C9H16O15S3. The molecule has 2 heterocycles. The van der Waals surface area contributed by atoms with Crippen LogP contribution in [-0.4, -0.2) is 82.0 Å². The lowest BCUT2D eigenvalue weighted by atomic mass is 10.1. The van der Waals surface area contributed by atoms with Gasteiger partial charge in [-0.1, -0.05) is 0 Å². The summed E-state index contributed by atoms with van der Waals surface area (Å²) in [5.74, 6) is -1.27. The molecule has 0 amide bonds. The fraction of sp³-hybridized carbons (Fsp3) is 1.00. The molecule has 18 heteroatoms. The van der Waals surface area contributed by atoms with E-state index in [0.29, 0.717) is 0 Å². The molecule has 27 heavy (non-hydrogen) atoms. The second kappa shape index (κ2) is 7.39. The van der Waals surface area contributed by atoms with Crippen LogP contribution in [-0.2, 0) is 58.0 Å². The average Bonchev–Trinajstić information content (AvgIpc) is 2.84. The highest BCUT2D eigenvalue weighted by molar-refractivity contribution is 7.81. The molecule has 0 unspecified atom stereocenters. The molecule has 5 atom stereocenters. The Balaban J connectivity index is 2.33. The zero-order valence-electron chi connectivity index (χ0n) is 13.6. The van der Waals surface area contributed by atoms with Crippen LogP contribution in [0.2, 0.25) is 0 Å². The van der Waals surface area contributed by atoms with E-state index >= 15 is 0 Å². The third kappa shape index (κ3) is 6.80. The summed E-state index contributed by atoms with van der Waals surface area (Å²) < 4.78 is 121. The van der Waals surface area contributed by atoms with E-state index in [-0.39, 0.29) is 0 Å². The minimum atomic E-state index is -5.23. The number of fused-ring (bicyclic) bond motifs is 1. The molecule has 0 radical (unpaired) electrons. The van der Waals surface area contributed by atoms with E-state index in [9.17, 15) is 25.3 Å². The van der Waals surface area contributed by atoms with Crippen LogP contribution < -0.4 is 0 Å². The zero-order valence-corrected chi connectivity index (χ0v) is 16.0. The Hall–Kier alpha value is -0.510. The normalized spacial score (nSPS) is 32.3. The SMILES string of the molecule is CC1(C)O[C@H]2O[C@H]([C@@H](COS(=O)(=O)O)OS(=O)(=O)O)[C@H](OS(=O)(=O)O)[C@H]2O1. The van der Waals surface area contributed by atoms with Crippen molar-refractivity contribution in [1.82, 2.24) is 0 Å². The van der Waals surface area contributed by atoms with Crippen LogP contribution in [0.4, 0.5) is 0 Å². The first-order valence-electron chi connectivity index (χ1n) is 6.90. The molecule has 0 spiro atoms. The van der Waals surface area contributed by atoms with Gasteiger partial charge >= 0.3 is 31.2 Å². The largest absolute Gasteiger partial charge is 0.397 e. The molecule has 2 rings (SSSR count). The maximum atomic E-state index is 11.1. The Bertz CT molecular complexity index is 858. The summed E-state index contributed by atoms with van der Waals surface area (Å²) >= 11 is 0. The highest BCUT2D eigenvalue weighted by Gasteiger charge is 2.59. The third-order valence-corrected chi connectivity index (χ3v) is 4.64. The van der Waals surface area contributed by atoms with Crippen molar-refractivity contribution in [3.8, 4) is 0 Å². The van der Waals surface area contributed by atoms with Gasteiger partial charge in [-0.05, 0) is 13.8 Å². The van der Waals surface area contributed by atoms with Gasteiger partial charge < -0.3 is 14.2 Å². The predicted molar refractivity (Wildman–Crippen MR) is 79.0 cm³/mol. The molecular weight excluding hydrogens is 444 g/mol. The van der Waals surface area contributed by atoms with Gasteiger partial charge in [0.25, 0.3) is 0 Å². The molecule has 2 fully saturated rings. The van der Waals surface area contributed by atoms with Crippen molar-refractivity contribution in [2.45, 2.75) is 50.3 Å². The molecule has 3 N–H and O–H groups in total. The number of rotatable bonds is 8. The summed E-state index contributed by atoms with van der Waals surface area (Å²) in [5.41, 5.74) is 0. The Morgan fingerprint density at radius 3 is 2.04 bits per heavy atom. The van der Waals surface area contributed by atoms with E-state index in [1.54, 1.807) is 0 Å². The smallest absolute Gasteiger partial charge is 0.341 e. The van der Waals surface area contributed by atoms with E-state index in [0.717, 1.165) is 0 Å². The highest BCUT2D eigenvalue weighted by atomic mass is 32.3. The lowest BCUT2D eigenvalue weighted by molar-refractivity contribution is -0.223. The second-order valence-electron chi connectivity index (χ2n) is 5.83. The van der Waals surface area contributed by atoms with Crippen LogP contribution in [0.15, 0.2) is 0 Å². The predicted octanol–water partition coefficient (Wildman–Crippen LogP) is -1.94. The van der Waals surface area contributed by atoms with Gasteiger partial charge in [0.1, 0.15) is 24.4 Å². The first-order valence-corrected chi connectivity index (χ1v) is 11.0. The fourth-order valence-electron chi connectivity index (χ4n) is 2.54. The van der Waals surface area contributed by atoms with E-state index in [4.69, 9.17) is 27.9 Å². The van der Waals surface area contributed by atoms with Crippen molar-refractivity contribution in [2.24, 2.45) is 0 Å². The topological polar surface area (TPSA) is 218 Å². The van der Waals surface area contributed by atoms with Crippen LogP contribution >= 0.6 is 0 Å². The van der Waals surface area contributed by atoms with Crippen LogP contribution in [0.1, 0.15) is 13.8 Å². The molecule has 0 saturated carbocycles. The number of ether oxygens (including phenoxy) is 3. The summed E-state index contributed by atoms with van der Waals surface area (Å²) in [4.78, 5) is 0. The van der Waals surface area contributed by atoms with Crippen molar-refractivity contribution in [1.29, 1.82) is 0 Å². The van der Waals surface area contributed by atoms with Gasteiger partial charge in [-0.15, -0.1) is 0 Å².